The summed E-state index contributed by atoms with van der Waals surface area (Å²) in [6.07, 6.45) is 0. The van der Waals surface area contributed by atoms with Crippen molar-refractivity contribution in [1.29, 1.82) is 0 Å². The third-order valence-corrected chi connectivity index (χ3v) is 2.98. The summed E-state index contributed by atoms with van der Waals surface area (Å²) in [7, 11) is 1.82. The molecule has 90 valence electrons. The van der Waals surface area contributed by atoms with Gasteiger partial charge in [0.25, 0.3) is 5.19 Å². The molecule has 0 amide bonds. The highest BCUT2D eigenvalue weighted by Gasteiger charge is 2.07. The molecule has 1 heterocycles. The average molecular weight is 274 g/mol. The summed E-state index contributed by atoms with van der Waals surface area (Å²) in [6, 6.07) is 4.22. The molecule has 0 aliphatic carbocycles. The third kappa shape index (κ3) is 3.12. The summed E-state index contributed by atoms with van der Waals surface area (Å²) in [6.45, 7) is 0.621. The van der Waals surface area contributed by atoms with E-state index in [1.165, 1.54) is 23.5 Å². The predicted molar refractivity (Wildman–Crippen MR) is 64.2 cm³/mol. The number of nitrogens with one attached hydrogen (secondary N) is 1. The van der Waals surface area contributed by atoms with Crippen molar-refractivity contribution in [2.24, 2.45) is 0 Å². The number of nitrogens with zero attached hydrogens (tertiary/aromatic N) is 2. The summed E-state index contributed by atoms with van der Waals surface area (Å²) >= 11 is 6.86. The van der Waals surface area contributed by atoms with Crippen LogP contribution in [-0.2, 0) is 6.54 Å². The number of hydrogen-bond donors (Lipinski definition) is 1. The Kier molecular flexibility index (Phi) is 3.88. The maximum Gasteiger partial charge on any atom is 0.299 e. The number of halogens is 2. The molecule has 0 spiro atoms. The molecular formula is C10H9ClFN3OS. The molecule has 0 radical (unpaired) electrons. The van der Waals surface area contributed by atoms with Gasteiger partial charge in [0, 0.05) is 12.6 Å². The molecule has 2 aromatic rings. The number of rotatable bonds is 4. The number of ether oxygens (including phenoxy) is 1. The summed E-state index contributed by atoms with van der Waals surface area (Å²) < 4.78 is 18.5. The van der Waals surface area contributed by atoms with Crippen LogP contribution < -0.4 is 10.1 Å². The second kappa shape index (κ2) is 5.39. The molecule has 0 atom stereocenters. The molecule has 4 nitrogen and oxygen atoms in total. The van der Waals surface area contributed by atoms with Gasteiger partial charge in [0.15, 0.2) is 0 Å². The molecule has 1 aromatic carbocycles. The molecule has 2 rings (SSSR count). The van der Waals surface area contributed by atoms with Crippen LogP contribution in [0.25, 0.3) is 0 Å². The van der Waals surface area contributed by atoms with Crippen molar-refractivity contribution in [3.8, 4) is 10.9 Å². The van der Waals surface area contributed by atoms with E-state index in [1.54, 1.807) is 6.07 Å². The molecule has 0 fully saturated rings. The molecular weight excluding hydrogens is 265 g/mol. The van der Waals surface area contributed by atoms with Crippen LogP contribution in [0.15, 0.2) is 18.2 Å². The largest absolute Gasteiger partial charge is 0.430 e. The third-order valence-electron chi connectivity index (χ3n) is 1.87. The Balaban J connectivity index is 2.11. The van der Waals surface area contributed by atoms with E-state index >= 15 is 0 Å². The van der Waals surface area contributed by atoms with Gasteiger partial charge in [-0.25, -0.2) is 4.39 Å². The highest BCUT2D eigenvalue weighted by molar-refractivity contribution is 7.13. The Bertz CT molecular complexity index is 520. The van der Waals surface area contributed by atoms with Crippen molar-refractivity contribution < 1.29 is 9.13 Å². The van der Waals surface area contributed by atoms with Gasteiger partial charge in [0.05, 0.1) is 5.02 Å². The minimum Gasteiger partial charge on any atom is -0.430 e. The zero-order chi connectivity index (χ0) is 12.3. The van der Waals surface area contributed by atoms with Gasteiger partial charge < -0.3 is 10.1 Å². The van der Waals surface area contributed by atoms with E-state index in [2.05, 4.69) is 15.5 Å². The van der Waals surface area contributed by atoms with E-state index in [4.69, 9.17) is 16.3 Å². The smallest absolute Gasteiger partial charge is 0.299 e. The van der Waals surface area contributed by atoms with Crippen LogP contribution in [0.2, 0.25) is 5.02 Å². The van der Waals surface area contributed by atoms with E-state index in [9.17, 15) is 4.39 Å². The fourth-order valence-corrected chi connectivity index (χ4v) is 1.98. The summed E-state index contributed by atoms with van der Waals surface area (Å²) in [5.74, 6) is -0.178. The Labute approximate surface area is 106 Å². The van der Waals surface area contributed by atoms with Crippen LogP contribution in [-0.4, -0.2) is 17.2 Å². The fraction of sp³-hybridized carbons (Fsp3) is 0.200. The molecule has 0 saturated heterocycles. The number of aromatic nitrogens is 2. The van der Waals surface area contributed by atoms with Gasteiger partial charge in [-0.1, -0.05) is 28.0 Å². The van der Waals surface area contributed by atoms with Gasteiger partial charge in [-0.2, -0.15) is 0 Å². The van der Waals surface area contributed by atoms with Gasteiger partial charge in [-0.05, 0) is 19.2 Å². The zero-order valence-electron chi connectivity index (χ0n) is 8.91. The molecule has 0 aliphatic heterocycles. The van der Waals surface area contributed by atoms with Crippen LogP contribution in [0, 0.1) is 5.82 Å². The van der Waals surface area contributed by atoms with Gasteiger partial charge in [0.1, 0.15) is 16.6 Å². The Hall–Kier alpha value is -1.24. The topological polar surface area (TPSA) is 47.0 Å². The number of hydrogen-bond acceptors (Lipinski definition) is 5. The first-order chi connectivity index (χ1) is 8.19. The molecule has 0 aliphatic rings. The maximum absolute atomic E-state index is 13.2. The van der Waals surface area contributed by atoms with Crippen LogP contribution in [0.5, 0.6) is 10.9 Å². The van der Waals surface area contributed by atoms with Crippen molar-refractivity contribution in [3.63, 3.8) is 0 Å². The van der Waals surface area contributed by atoms with Crippen LogP contribution in [0.1, 0.15) is 5.01 Å². The van der Waals surface area contributed by atoms with E-state index < -0.39 is 5.82 Å². The van der Waals surface area contributed by atoms with Gasteiger partial charge >= 0.3 is 0 Å². The highest BCUT2D eigenvalue weighted by Crippen LogP contribution is 2.27. The maximum atomic E-state index is 13.2. The van der Waals surface area contributed by atoms with Crippen molar-refractivity contribution in [1.82, 2.24) is 15.5 Å². The van der Waals surface area contributed by atoms with Crippen molar-refractivity contribution in [2.45, 2.75) is 6.54 Å². The van der Waals surface area contributed by atoms with Gasteiger partial charge in [-0.3, -0.25) is 0 Å². The lowest BCUT2D eigenvalue weighted by molar-refractivity contribution is 0.468. The van der Waals surface area contributed by atoms with E-state index in [1.807, 2.05) is 7.05 Å². The number of benzene rings is 1. The normalized spacial score (nSPS) is 10.5. The summed E-state index contributed by atoms with van der Waals surface area (Å²) in [5.41, 5.74) is 0. The summed E-state index contributed by atoms with van der Waals surface area (Å²) in [5, 5.41) is 11.9. The average Bonchev–Trinajstić information content (AvgIpc) is 2.72. The van der Waals surface area contributed by atoms with E-state index in [-0.39, 0.29) is 5.02 Å². The van der Waals surface area contributed by atoms with E-state index in [0.717, 1.165) is 5.01 Å². The highest BCUT2D eigenvalue weighted by atomic mass is 35.5. The zero-order valence-corrected chi connectivity index (χ0v) is 10.5. The van der Waals surface area contributed by atoms with Crippen LogP contribution >= 0.6 is 22.9 Å². The second-order valence-electron chi connectivity index (χ2n) is 3.17. The standard InChI is InChI=1S/C10H9ClFN3OS/c1-13-5-9-14-15-10(17-9)16-6-2-3-7(11)8(12)4-6/h2-4,13H,5H2,1H3. The van der Waals surface area contributed by atoms with Gasteiger partial charge in [0.2, 0.25) is 0 Å². The lowest BCUT2D eigenvalue weighted by atomic mass is 10.3. The summed E-state index contributed by atoms with van der Waals surface area (Å²) in [4.78, 5) is 0. The van der Waals surface area contributed by atoms with Crippen LogP contribution in [0.4, 0.5) is 4.39 Å². The molecule has 1 aromatic heterocycles. The van der Waals surface area contributed by atoms with Crippen molar-refractivity contribution in [3.05, 3.63) is 34.0 Å². The monoisotopic (exact) mass is 273 g/mol. The minimum absolute atomic E-state index is 0.0606. The second-order valence-corrected chi connectivity index (χ2v) is 4.60. The first-order valence-electron chi connectivity index (χ1n) is 4.79. The van der Waals surface area contributed by atoms with Crippen LogP contribution in [0.3, 0.4) is 0 Å². The first-order valence-corrected chi connectivity index (χ1v) is 5.98. The molecule has 0 unspecified atom stereocenters. The minimum atomic E-state index is -0.524. The Morgan fingerprint density at radius 3 is 3.00 bits per heavy atom. The first kappa shape index (κ1) is 12.2. The predicted octanol–water partition coefficient (Wildman–Crippen LogP) is 2.84. The van der Waals surface area contributed by atoms with Crippen molar-refractivity contribution >= 4 is 22.9 Å². The quantitative estimate of drug-likeness (QED) is 0.930. The van der Waals surface area contributed by atoms with E-state index in [0.29, 0.717) is 17.5 Å². The Morgan fingerprint density at radius 2 is 2.29 bits per heavy atom. The Morgan fingerprint density at radius 1 is 1.47 bits per heavy atom. The fourth-order valence-electron chi connectivity index (χ4n) is 1.14. The molecule has 1 N–H and O–H groups in total. The lowest BCUT2D eigenvalue weighted by Gasteiger charge is -2.01. The van der Waals surface area contributed by atoms with Gasteiger partial charge in [-0.15, -0.1) is 5.10 Å². The molecule has 0 saturated carbocycles. The SMILES string of the molecule is CNCc1nnc(Oc2ccc(Cl)c(F)c2)s1. The molecule has 17 heavy (non-hydrogen) atoms. The lowest BCUT2D eigenvalue weighted by Crippen LogP contribution is -2.04. The molecule has 0 bridgehead atoms. The molecule has 7 heteroatoms. The van der Waals surface area contributed by atoms with Crippen molar-refractivity contribution in [2.75, 3.05) is 7.05 Å².